The normalized spacial score (nSPS) is 10.9. The Morgan fingerprint density at radius 3 is 2.84 bits per heavy atom. The molecule has 0 unspecified atom stereocenters. The highest BCUT2D eigenvalue weighted by atomic mass is 19.1. The molecule has 1 N–H and O–H groups in total. The first kappa shape index (κ1) is 16.9. The number of benzene rings is 1. The van der Waals surface area contributed by atoms with Crippen molar-refractivity contribution in [2.75, 3.05) is 7.11 Å². The number of aryl methyl sites for hydroxylation is 2. The van der Waals surface area contributed by atoms with Gasteiger partial charge in [0.15, 0.2) is 5.82 Å². The second-order valence-electron chi connectivity index (χ2n) is 5.68. The summed E-state index contributed by atoms with van der Waals surface area (Å²) in [5.41, 5.74) is 4.15. The van der Waals surface area contributed by atoms with Crippen LogP contribution in [0.5, 0.6) is 5.88 Å². The van der Waals surface area contributed by atoms with Crippen LogP contribution in [0.3, 0.4) is 0 Å². The number of nitrogens with one attached hydrogen (secondary N) is 1. The summed E-state index contributed by atoms with van der Waals surface area (Å²) >= 11 is 0. The van der Waals surface area contributed by atoms with Crippen molar-refractivity contribution in [3.05, 3.63) is 53.2 Å². The fourth-order valence-electron chi connectivity index (χ4n) is 2.87. The van der Waals surface area contributed by atoms with E-state index in [4.69, 9.17) is 4.74 Å². The number of hydrogen-bond donors (Lipinski definition) is 1. The van der Waals surface area contributed by atoms with Gasteiger partial charge >= 0.3 is 0 Å². The lowest BCUT2D eigenvalue weighted by Crippen LogP contribution is -2.24. The highest BCUT2D eigenvalue weighted by Crippen LogP contribution is 2.22. The van der Waals surface area contributed by atoms with E-state index in [1.807, 2.05) is 23.7 Å². The summed E-state index contributed by atoms with van der Waals surface area (Å²) < 4.78 is 20.4. The molecule has 0 saturated heterocycles. The summed E-state index contributed by atoms with van der Waals surface area (Å²) in [6.07, 6.45) is 3.88. The van der Waals surface area contributed by atoms with Gasteiger partial charge in [-0.1, -0.05) is 13.0 Å². The molecule has 3 aromatic rings. The Kier molecular flexibility index (Phi) is 4.65. The van der Waals surface area contributed by atoms with Crippen molar-refractivity contribution in [2.24, 2.45) is 7.05 Å². The minimum atomic E-state index is -0.668. The first-order valence-corrected chi connectivity index (χ1v) is 7.94. The van der Waals surface area contributed by atoms with Gasteiger partial charge in [-0.05, 0) is 24.1 Å². The summed E-state index contributed by atoms with van der Waals surface area (Å²) in [6, 6.07) is 5.11. The van der Waals surface area contributed by atoms with Gasteiger partial charge < -0.3 is 14.6 Å². The fourth-order valence-corrected chi connectivity index (χ4v) is 2.87. The molecule has 2 heterocycles. The molecule has 0 aliphatic carbocycles. The zero-order valence-corrected chi connectivity index (χ0v) is 14.3. The minimum Gasteiger partial charge on any atom is -0.479 e. The molecule has 2 aromatic heterocycles. The number of ether oxygens (including phenoxy) is 1. The highest BCUT2D eigenvalue weighted by molar-refractivity contribution is 5.94. The first-order valence-electron chi connectivity index (χ1n) is 7.94. The van der Waals surface area contributed by atoms with Gasteiger partial charge in [-0.3, -0.25) is 4.79 Å². The lowest BCUT2D eigenvalue weighted by molar-refractivity contribution is 0.0950. The molecule has 0 spiro atoms. The van der Waals surface area contributed by atoms with Crippen LogP contribution in [0.15, 0.2) is 30.7 Å². The molecule has 0 atom stereocenters. The Labute approximate surface area is 144 Å². The smallest absolute Gasteiger partial charge is 0.253 e. The number of carbonyl (C=O) groups excluding carboxylic acids is 1. The molecule has 0 aliphatic rings. The number of rotatable bonds is 5. The molecular formula is C18H19FN4O2. The molecule has 25 heavy (non-hydrogen) atoms. The van der Waals surface area contributed by atoms with Crippen LogP contribution < -0.4 is 10.1 Å². The minimum absolute atomic E-state index is 0.135. The Bertz CT molecular complexity index is 936. The molecular weight excluding hydrogens is 323 g/mol. The maximum atomic E-state index is 13.7. The van der Waals surface area contributed by atoms with Crippen LogP contribution in [-0.4, -0.2) is 27.6 Å². The molecule has 1 amide bonds. The van der Waals surface area contributed by atoms with E-state index in [2.05, 4.69) is 22.2 Å². The number of hydrogen-bond acceptors (Lipinski definition) is 4. The van der Waals surface area contributed by atoms with Crippen molar-refractivity contribution in [3.8, 4) is 5.88 Å². The van der Waals surface area contributed by atoms with Gasteiger partial charge in [-0.25, -0.2) is 14.4 Å². The number of halogens is 1. The predicted octanol–water partition coefficient (Wildman–Crippen LogP) is 2.61. The van der Waals surface area contributed by atoms with Crippen molar-refractivity contribution in [1.29, 1.82) is 0 Å². The van der Waals surface area contributed by atoms with Crippen LogP contribution in [0.1, 0.15) is 28.4 Å². The number of amides is 1. The van der Waals surface area contributed by atoms with Gasteiger partial charge in [-0.2, -0.15) is 0 Å². The fraction of sp³-hybridized carbons (Fsp3) is 0.278. The molecule has 0 saturated carbocycles. The van der Waals surface area contributed by atoms with E-state index in [0.717, 1.165) is 34.6 Å². The van der Waals surface area contributed by atoms with Gasteiger partial charge in [0.25, 0.3) is 5.91 Å². The van der Waals surface area contributed by atoms with Gasteiger partial charge in [0.05, 0.1) is 30.0 Å². The Morgan fingerprint density at radius 1 is 1.36 bits per heavy atom. The van der Waals surface area contributed by atoms with Crippen LogP contribution in [0, 0.1) is 5.82 Å². The molecule has 130 valence electrons. The third kappa shape index (κ3) is 3.17. The van der Waals surface area contributed by atoms with Crippen molar-refractivity contribution in [2.45, 2.75) is 19.9 Å². The van der Waals surface area contributed by atoms with Gasteiger partial charge in [0, 0.05) is 25.4 Å². The number of methoxy groups -OCH3 is 1. The molecule has 0 aliphatic heterocycles. The van der Waals surface area contributed by atoms with Crippen LogP contribution >= 0.6 is 0 Å². The average Bonchev–Trinajstić information content (AvgIpc) is 3.00. The second kappa shape index (κ2) is 6.88. The van der Waals surface area contributed by atoms with E-state index < -0.39 is 11.7 Å². The molecule has 0 fully saturated rings. The van der Waals surface area contributed by atoms with Gasteiger partial charge in [0.2, 0.25) is 5.88 Å². The van der Waals surface area contributed by atoms with E-state index in [0.29, 0.717) is 6.54 Å². The van der Waals surface area contributed by atoms with Gasteiger partial charge in [0.1, 0.15) is 0 Å². The third-order valence-corrected chi connectivity index (χ3v) is 4.15. The van der Waals surface area contributed by atoms with Crippen LogP contribution in [0.2, 0.25) is 0 Å². The standard InChI is InChI=1S/C18H19FN4O2/c1-4-11-5-6-15-16(23(2)10-22-15)13(11)9-20-17(24)12-7-14(19)18(25-3)21-8-12/h5-8,10H,4,9H2,1-3H3,(H,20,24). The summed E-state index contributed by atoms with van der Waals surface area (Å²) in [4.78, 5) is 20.5. The number of fused-ring (bicyclic) bond motifs is 1. The van der Waals surface area contributed by atoms with Crippen molar-refractivity contribution in [3.63, 3.8) is 0 Å². The van der Waals surface area contributed by atoms with E-state index in [1.165, 1.54) is 13.3 Å². The Hall–Kier alpha value is -2.96. The van der Waals surface area contributed by atoms with Crippen molar-refractivity contribution >= 4 is 16.9 Å². The largest absolute Gasteiger partial charge is 0.479 e. The predicted molar refractivity (Wildman–Crippen MR) is 92.0 cm³/mol. The summed E-state index contributed by atoms with van der Waals surface area (Å²) in [5, 5.41) is 2.84. The SMILES string of the molecule is CCc1ccc2ncn(C)c2c1CNC(=O)c1cnc(OC)c(F)c1. The molecule has 1 aromatic carbocycles. The van der Waals surface area contributed by atoms with Crippen LogP contribution in [-0.2, 0) is 20.0 Å². The van der Waals surface area contributed by atoms with Gasteiger partial charge in [-0.15, -0.1) is 0 Å². The lowest BCUT2D eigenvalue weighted by Gasteiger charge is -2.12. The zero-order valence-electron chi connectivity index (χ0n) is 14.3. The van der Waals surface area contributed by atoms with Crippen LogP contribution in [0.4, 0.5) is 4.39 Å². The third-order valence-electron chi connectivity index (χ3n) is 4.15. The molecule has 0 radical (unpaired) electrons. The van der Waals surface area contributed by atoms with E-state index in [1.54, 1.807) is 6.33 Å². The maximum Gasteiger partial charge on any atom is 0.253 e. The number of carbonyl (C=O) groups is 1. The zero-order chi connectivity index (χ0) is 18.0. The van der Waals surface area contributed by atoms with E-state index in [-0.39, 0.29) is 11.4 Å². The maximum absolute atomic E-state index is 13.7. The number of pyridine rings is 1. The molecule has 7 heteroatoms. The molecule has 0 bridgehead atoms. The molecule has 6 nitrogen and oxygen atoms in total. The lowest BCUT2D eigenvalue weighted by atomic mass is 10.0. The van der Waals surface area contributed by atoms with E-state index in [9.17, 15) is 9.18 Å². The monoisotopic (exact) mass is 342 g/mol. The van der Waals surface area contributed by atoms with Crippen molar-refractivity contribution in [1.82, 2.24) is 19.9 Å². The Balaban J connectivity index is 1.86. The molecule has 3 rings (SSSR count). The number of nitrogens with zero attached hydrogens (tertiary/aromatic N) is 3. The van der Waals surface area contributed by atoms with E-state index >= 15 is 0 Å². The first-order chi connectivity index (χ1) is 12.0. The van der Waals surface area contributed by atoms with Crippen LogP contribution in [0.25, 0.3) is 11.0 Å². The topological polar surface area (TPSA) is 69.0 Å². The highest BCUT2D eigenvalue weighted by Gasteiger charge is 2.14. The number of aromatic nitrogens is 3. The Morgan fingerprint density at radius 2 is 2.16 bits per heavy atom. The second-order valence-corrected chi connectivity index (χ2v) is 5.68. The number of imidazole rings is 1. The summed E-state index contributed by atoms with van der Waals surface area (Å²) in [6.45, 7) is 2.39. The quantitative estimate of drug-likeness (QED) is 0.774. The summed E-state index contributed by atoms with van der Waals surface area (Å²) in [7, 11) is 3.24. The summed E-state index contributed by atoms with van der Waals surface area (Å²) in [5.74, 6) is -1.20. The van der Waals surface area contributed by atoms with Crippen molar-refractivity contribution < 1.29 is 13.9 Å². The average molecular weight is 342 g/mol.